The van der Waals surface area contributed by atoms with Gasteiger partial charge in [-0.15, -0.1) is 0 Å². The molecule has 1 unspecified atom stereocenters. The molecule has 1 aromatic carbocycles. The fourth-order valence-corrected chi connectivity index (χ4v) is 4.16. The molecule has 2 bridgehead atoms. The fourth-order valence-electron chi connectivity index (χ4n) is 4.16. The quantitative estimate of drug-likeness (QED) is 0.930. The molecule has 3 fully saturated rings. The fraction of sp³-hybridized carbons (Fsp3) is 0.421. The topological polar surface area (TPSA) is 67.3 Å². The molecule has 2 aromatic rings. The molecule has 1 aromatic heterocycles. The van der Waals surface area contributed by atoms with Gasteiger partial charge in [0.2, 0.25) is 5.91 Å². The molecular formula is C19H20N4O2. The van der Waals surface area contributed by atoms with E-state index in [0.717, 1.165) is 34.8 Å². The van der Waals surface area contributed by atoms with E-state index < -0.39 is 0 Å². The van der Waals surface area contributed by atoms with E-state index in [4.69, 9.17) is 4.74 Å². The molecular weight excluding hydrogens is 316 g/mol. The molecule has 5 heterocycles. The van der Waals surface area contributed by atoms with Crippen LogP contribution in [0.3, 0.4) is 0 Å². The first-order valence-electron chi connectivity index (χ1n) is 8.89. The predicted octanol–water partition coefficient (Wildman–Crippen LogP) is 2.11. The van der Waals surface area contributed by atoms with Gasteiger partial charge in [0.1, 0.15) is 11.9 Å². The van der Waals surface area contributed by atoms with Crippen molar-refractivity contribution in [3.63, 3.8) is 0 Å². The number of hydrogen-bond donors (Lipinski definition) is 1. The molecule has 4 aliphatic rings. The Kier molecular flexibility index (Phi) is 3.45. The Morgan fingerprint density at radius 3 is 2.88 bits per heavy atom. The van der Waals surface area contributed by atoms with Crippen molar-refractivity contribution in [3.05, 3.63) is 36.0 Å². The van der Waals surface area contributed by atoms with Crippen LogP contribution in [0, 0.1) is 5.92 Å². The van der Waals surface area contributed by atoms with Gasteiger partial charge in [-0.05, 0) is 49.5 Å². The van der Waals surface area contributed by atoms with Gasteiger partial charge in [-0.25, -0.2) is 0 Å². The third-order valence-corrected chi connectivity index (χ3v) is 5.54. The lowest BCUT2D eigenvalue weighted by Crippen LogP contribution is -2.52. The van der Waals surface area contributed by atoms with Crippen LogP contribution in [0.1, 0.15) is 18.4 Å². The number of hydrogen-bond acceptors (Lipinski definition) is 5. The first-order chi connectivity index (χ1) is 12.2. The van der Waals surface area contributed by atoms with E-state index in [1.807, 2.05) is 24.3 Å². The van der Waals surface area contributed by atoms with E-state index in [1.165, 1.54) is 25.9 Å². The zero-order valence-corrected chi connectivity index (χ0v) is 13.9. The third kappa shape index (κ3) is 2.76. The zero-order valence-electron chi connectivity index (χ0n) is 13.9. The predicted molar refractivity (Wildman–Crippen MR) is 93.4 cm³/mol. The summed E-state index contributed by atoms with van der Waals surface area (Å²) in [4.78, 5) is 14.0. The molecule has 1 amide bonds. The first kappa shape index (κ1) is 14.8. The molecule has 128 valence electrons. The van der Waals surface area contributed by atoms with E-state index in [1.54, 1.807) is 6.20 Å². The van der Waals surface area contributed by atoms with Gasteiger partial charge >= 0.3 is 0 Å². The van der Waals surface area contributed by atoms with Gasteiger partial charge in [0.05, 0.1) is 18.3 Å². The van der Waals surface area contributed by atoms with Crippen molar-refractivity contribution in [2.45, 2.75) is 25.4 Å². The Morgan fingerprint density at radius 1 is 1.20 bits per heavy atom. The van der Waals surface area contributed by atoms with Crippen LogP contribution in [-0.2, 0) is 11.2 Å². The zero-order chi connectivity index (χ0) is 16.8. The first-order valence-corrected chi connectivity index (χ1v) is 8.89. The van der Waals surface area contributed by atoms with Crippen LogP contribution in [0.2, 0.25) is 0 Å². The number of benzene rings is 1. The van der Waals surface area contributed by atoms with E-state index in [0.29, 0.717) is 12.3 Å². The van der Waals surface area contributed by atoms with Gasteiger partial charge in [-0.3, -0.25) is 9.69 Å². The summed E-state index contributed by atoms with van der Waals surface area (Å²) in [7, 11) is 0. The van der Waals surface area contributed by atoms with Gasteiger partial charge in [-0.2, -0.15) is 10.2 Å². The molecule has 6 heteroatoms. The van der Waals surface area contributed by atoms with Gasteiger partial charge in [0.25, 0.3) is 0 Å². The summed E-state index contributed by atoms with van der Waals surface area (Å²) in [5.41, 5.74) is 3.64. The summed E-state index contributed by atoms with van der Waals surface area (Å²) < 4.78 is 6.25. The number of carbonyl (C=O) groups is 1. The normalized spacial score (nSPS) is 27.0. The number of piperidine rings is 3. The number of carbonyl (C=O) groups excluding carboxylic acids is 1. The van der Waals surface area contributed by atoms with Gasteiger partial charge < -0.3 is 10.1 Å². The van der Waals surface area contributed by atoms with Crippen molar-refractivity contribution >= 4 is 11.6 Å². The molecule has 0 aliphatic carbocycles. The molecule has 3 saturated heterocycles. The Balaban J connectivity index is 1.38. The molecule has 0 saturated carbocycles. The number of nitrogens with zero attached hydrogens (tertiary/aromatic N) is 3. The average molecular weight is 336 g/mol. The number of rotatable bonds is 3. The maximum Gasteiger partial charge on any atom is 0.228 e. The van der Waals surface area contributed by atoms with Crippen LogP contribution in [-0.4, -0.2) is 46.7 Å². The number of amides is 1. The monoisotopic (exact) mass is 336 g/mol. The Bertz CT molecular complexity index is 830. The number of aromatic nitrogens is 2. The minimum Gasteiger partial charge on any atom is -0.487 e. The lowest BCUT2D eigenvalue weighted by atomic mass is 9.86. The van der Waals surface area contributed by atoms with Crippen LogP contribution in [0.25, 0.3) is 11.3 Å². The van der Waals surface area contributed by atoms with Crippen molar-refractivity contribution in [3.8, 4) is 17.0 Å². The SMILES string of the molecule is O=C1Cc2cc(-c3cc(OC4CN5CCC4CC5)cnn3)ccc2N1. The maximum atomic E-state index is 11.5. The van der Waals surface area contributed by atoms with Crippen LogP contribution in [0.4, 0.5) is 5.69 Å². The number of anilines is 1. The minimum absolute atomic E-state index is 0.0395. The molecule has 6 rings (SSSR count). The second-order valence-corrected chi connectivity index (χ2v) is 7.17. The Morgan fingerprint density at radius 2 is 2.08 bits per heavy atom. The van der Waals surface area contributed by atoms with Crippen LogP contribution in [0.15, 0.2) is 30.5 Å². The second-order valence-electron chi connectivity index (χ2n) is 7.17. The molecule has 4 aliphatic heterocycles. The standard InChI is InChI=1S/C19H20N4O2/c24-19-8-14-7-13(1-2-16(14)21-19)17-9-15(10-20-22-17)25-18-11-23-5-3-12(18)4-6-23/h1-2,7,9-10,12,18H,3-6,8,11H2,(H,21,24). The summed E-state index contributed by atoms with van der Waals surface area (Å²) in [5, 5.41) is 11.2. The molecule has 0 radical (unpaired) electrons. The third-order valence-electron chi connectivity index (χ3n) is 5.54. The van der Waals surface area contributed by atoms with Crippen LogP contribution >= 0.6 is 0 Å². The molecule has 1 N–H and O–H groups in total. The highest BCUT2D eigenvalue weighted by Gasteiger charge is 2.35. The minimum atomic E-state index is 0.0395. The largest absolute Gasteiger partial charge is 0.487 e. The van der Waals surface area contributed by atoms with Crippen molar-refractivity contribution in [1.29, 1.82) is 0 Å². The highest BCUT2D eigenvalue weighted by Crippen LogP contribution is 2.32. The van der Waals surface area contributed by atoms with Crippen LogP contribution in [0.5, 0.6) is 5.75 Å². The van der Waals surface area contributed by atoms with Gasteiger partial charge in [0.15, 0.2) is 0 Å². The Hall–Kier alpha value is -2.47. The summed E-state index contributed by atoms with van der Waals surface area (Å²) in [6.45, 7) is 3.41. The van der Waals surface area contributed by atoms with Gasteiger partial charge in [-0.1, -0.05) is 6.07 Å². The second kappa shape index (κ2) is 5.81. The maximum absolute atomic E-state index is 11.5. The molecule has 1 atom stereocenters. The van der Waals surface area contributed by atoms with Crippen LogP contribution < -0.4 is 10.1 Å². The number of fused-ring (bicyclic) bond motifs is 4. The summed E-state index contributed by atoms with van der Waals surface area (Å²) in [5.74, 6) is 1.47. The number of ether oxygens (including phenoxy) is 1. The van der Waals surface area contributed by atoms with Crippen molar-refractivity contribution in [2.24, 2.45) is 5.92 Å². The number of nitrogens with one attached hydrogen (secondary N) is 1. The highest BCUT2D eigenvalue weighted by molar-refractivity contribution is 5.99. The summed E-state index contributed by atoms with van der Waals surface area (Å²) in [6.07, 6.45) is 4.82. The average Bonchev–Trinajstić information content (AvgIpc) is 3.02. The van der Waals surface area contributed by atoms with Gasteiger partial charge in [0, 0.05) is 23.9 Å². The van der Waals surface area contributed by atoms with Crippen molar-refractivity contribution in [2.75, 3.05) is 25.0 Å². The summed E-state index contributed by atoms with van der Waals surface area (Å²) in [6, 6.07) is 7.86. The molecule has 6 nitrogen and oxygen atoms in total. The lowest BCUT2D eigenvalue weighted by Gasteiger charge is -2.44. The smallest absolute Gasteiger partial charge is 0.228 e. The highest BCUT2D eigenvalue weighted by atomic mass is 16.5. The Labute approximate surface area is 146 Å². The van der Waals surface area contributed by atoms with E-state index in [-0.39, 0.29) is 12.0 Å². The van der Waals surface area contributed by atoms with Crippen molar-refractivity contribution < 1.29 is 9.53 Å². The van der Waals surface area contributed by atoms with Crippen molar-refractivity contribution in [1.82, 2.24) is 15.1 Å². The van der Waals surface area contributed by atoms with E-state index in [9.17, 15) is 4.79 Å². The molecule has 0 spiro atoms. The summed E-state index contributed by atoms with van der Waals surface area (Å²) >= 11 is 0. The lowest BCUT2D eigenvalue weighted by molar-refractivity contribution is -0.115. The molecule has 25 heavy (non-hydrogen) atoms. The van der Waals surface area contributed by atoms with E-state index >= 15 is 0 Å². The van der Waals surface area contributed by atoms with E-state index in [2.05, 4.69) is 20.4 Å².